The Kier molecular flexibility index (Phi) is 4.15. The lowest BCUT2D eigenvalue weighted by molar-refractivity contribution is -0.139. The molecule has 2 aliphatic rings. The van der Waals surface area contributed by atoms with Gasteiger partial charge in [-0.1, -0.05) is 37.5 Å². The van der Waals surface area contributed by atoms with E-state index in [1.54, 1.807) is 0 Å². The molecule has 4 nitrogen and oxygen atoms in total. The van der Waals surface area contributed by atoms with Crippen LogP contribution in [0, 0.1) is 0 Å². The Morgan fingerprint density at radius 3 is 2.67 bits per heavy atom. The zero-order chi connectivity index (χ0) is 14.8. The number of carboxylic acid groups (broad SMARTS) is 1. The first kappa shape index (κ1) is 14.4. The van der Waals surface area contributed by atoms with Gasteiger partial charge in [-0.05, 0) is 30.9 Å². The minimum atomic E-state index is -0.747. The summed E-state index contributed by atoms with van der Waals surface area (Å²) in [6, 6.07) is 7.91. The van der Waals surface area contributed by atoms with Gasteiger partial charge in [-0.3, -0.25) is 4.79 Å². The summed E-state index contributed by atoms with van der Waals surface area (Å²) in [5.74, 6) is -1.16. The zero-order valence-electron chi connectivity index (χ0n) is 12.2. The van der Waals surface area contributed by atoms with Crippen LogP contribution in [0.5, 0.6) is 0 Å². The second-order valence-electron chi connectivity index (χ2n) is 6.20. The van der Waals surface area contributed by atoms with Crippen LogP contribution in [-0.4, -0.2) is 34.9 Å². The number of hydrogen-bond acceptors (Lipinski definition) is 3. The lowest BCUT2D eigenvalue weighted by Gasteiger charge is -2.41. The second-order valence-corrected chi connectivity index (χ2v) is 6.20. The Hall–Kier alpha value is -1.55. The van der Waals surface area contributed by atoms with Crippen molar-refractivity contribution in [3.8, 4) is 0 Å². The van der Waals surface area contributed by atoms with E-state index in [0.29, 0.717) is 6.42 Å². The summed E-state index contributed by atoms with van der Waals surface area (Å²) in [7, 11) is 0. The number of nitrogens with zero attached hydrogens (tertiary/aromatic N) is 1. The van der Waals surface area contributed by atoms with Crippen LogP contribution in [0.4, 0.5) is 5.69 Å². The molecule has 3 atom stereocenters. The molecule has 0 spiro atoms. The minimum absolute atomic E-state index is 0.128. The summed E-state index contributed by atoms with van der Waals surface area (Å²) in [5, 5.41) is 19.9. The van der Waals surface area contributed by atoms with Crippen molar-refractivity contribution in [3.63, 3.8) is 0 Å². The molecule has 114 valence electrons. The molecule has 0 amide bonds. The molecule has 1 saturated carbocycles. The zero-order valence-corrected chi connectivity index (χ0v) is 12.2. The van der Waals surface area contributed by atoms with E-state index in [0.717, 1.165) is 43.5 Å². The van der Waals surface area contributed by atoms with Crippen LogP contribution in [0.2, 0.25) is 0 Å². The van der Waals surface area contributed by atoms with Gasteiger partial charge < -0.3 is 15.1 Å². The second kappa shape index (κ2) is 6.06. The van der Waals surface area contributed by atoms with Crippen LogP contribution in [0.25, 0.3) is 0 Å². The van der Waals surface area contributed by atoms with Gasteiger partial charge in [-0.25, -0.2) is 0 Å². The van der Waals surface area contributed by atoms with Crippen molar-refractivity contribution < 1.29 is 15.0 Å². The molecule has 0 aromatic heterocycles. The van der Waals surface area contributed by atoms with Crippen molar-refractivity contribution in [1.82, 2.24) is 0 Å². The SMILES string of the molecule is O=C(O)C1CCN(C2CCCCCC2O)c2ccccc21. The molecule has 1 heterocycles. The predicted molar refractivity (Wildman–Crippen MR) is 81.7 cm³/mol. The summed E-state index contributed by atoms with van der Waals surface area (Å²) in [5.41, 5.74) is 1.90. The van der Waals surface area contributed by atoms with E-state index in [-0.39, 0.29) is 12.1 Å². The minimum Gasteiger partial charge on any atom is -0.481 e. The summed E-state index contributed by atoms with van der Waals surface area (Å²) in [6.07, 6.45) is 5.57. The Morgan fingerprint density at radius 2 is 1.86 bits per heavy atom. The highest BCUT2D eigenvalue weighted by Crippen LogP contribution is 2.38. The first-order valence-electron chi connectivity index (χ1n) is 7.95. The maximum absolute atomic E-state index is 11.5. The summed E-state index contributed by atoms with van der Waals surface area (Å²) >= 11 is 0. The van der Waals surface area contributed by atoms with Crippen molar-refractivity contribution in [2.24, 2.45) is 0 Å². The van der Waals surface area contributed by atoms with E-state index in [9.17, 15) is 15.0 Å². The van der Waals surface area contributed by atoms with Crippen LogP contribution in [-0.2, 0) is 4.79 Å². The molecular weight excluding hydrogens is 266 g/mol. The van der Waals surface area contributed by atoms with E-state index in [1.165, 1.54) is 6.42 Å². The van der Waals surface area contributed by atoms with Gasteiger partial charge in [-0.2, -0.15) is 0 Å². The van der Waals surface area contributed by atoms with Crippen LogP contribution >= 0.6 is 0 Å². The number of aliphatic carboxylic acids is 1. The molecule has 0 radical (unpaired) electrons. The fourth-order valence-corrected chi connectivity index (χ4v) is 3.82. The largest absolute Gasteiger partial charge is 0.481 e. The van der Waals surface area contributed by atoms with Crippen molar-refractivity contribution in [2.45, 2.75) is 56.6 Å². The molecular formula is C17H23NO3. The molecule has 2 N–H and O–H groups in total. The van der Waals surface area contributed by atoms with E-state index in [4.69, 9.17) is 0 Å². The van der Waals surface area contributed by atoms with Gasteiger partial charge in [0.25, 0.3) is 0 Å². The molecule has 0 saturated heterocycles. The molecule has 3 unspecified atom stereocenters. The predicted octanol–water partition coefficient (Wildman–Crippen LogP) is 2.76. The smallest absolute Gasteiger partial charge is 0.311 e. The number of hydrogen-bond donors (Lipinski definition) is 2. The highest BCUT2D eigenvalue weighted by Gasteiger charge is 2.35. The highest BCUT2D eigenvalue weighted by molar-refractivity contribution is 5.80. The van der Waals surface area contributed by atoms with Crippen molar-refractivity contribution in [3.05, 3.63) is 29.8 Å². The van der Waals surface area contributed by atoms with E-state index in [2.05, 4.69) is 4.90 Å². The number of carbonyl (C=O) groups is 1. The van der Waals surface area contributed by atoms with Crippen LogP contribution in [0.15, 0.2) is 24.3 Å². The molecule has 1 aromatic rings. The summed E-state index contributed by atoms with van der Waals surface area (Å²) in [6.45, 7) is 0.718. The average Bonchev–Trinajstić information content (AvgIpc) is 2.70. The Morgan fingerprint density at radius 1 is 1.10 bits per heavy atom. The number of carboxylic acids is 1. The molecule has 0 bridgehead atoms. The maximum atomic E-state index is 11.5. The molecule has 1 aliphatic heterocycles. The highest BCUT2D eigenvalue weighted by atomic mass is 16.4. The first-order chi connectivity index (χ1) is 10.2. The number of aliphatic hydroxyl groups is 1. The van der Waals surface area contributed by atoms with Gasteiger partial charge in [-0.15, -0.1) is 0 Å². The molecule has 1 aromatic carbocycles. The Bertz CT molecular complexity index is 517. The molecule has 1 aliphatic carbocycles. The number of para-hydroxylation sites is 1. The third-order valence-corrected chi connectivity index (χ3v) is 4.92. The number of anilines is 1. The van der Waals surface area contributed by atoms with Crippen molar-refractivity contribution in [1.29, 1.82) is 0 Å². The maximum Gasteiger partial charge on any atom is 0.311 e. The molecule has 1 fully saturated rings. The fraction of sp³-hybridized carbons (Fsp3) is 0.588. The van der Waals surface area contributed by atoms with E-state index in [1.807, 2.05) is 24.3 Å². The van der Waals surface area contributed by atoms with Gasteiger partial charge in [0, 0.05) is 12.2 Å². The van der Waals surface area contributed by atoms with E-state index >= 15 is 0 Å². The summed E-state index contributed by atoms with van der Waals surface area (Å²) < 4.78 is 0. The van der Waals surface area contributed by atoms with Crippen LogP contribution in [0.1, 0.15) is 50.0 Å². The average molecular weight is 289 g/mol. The van der Waals surface area contributed by atoms with Crippen molar-refractivity contribution in [2.75, 3.05) is 11.4 Å². The fourth-order valence-electron chi connectivity index (χ4n) is 3.82. The van der Waals surface area contributed by atoms with Crippen LogP contribution in [0.3, 0.4) is 0 Å². The van der Waals surface area contributed by atoms with Gasteiger partial charge in [0.1, 0.15) is 0 Å². The Labute approximate surface area is 125 Å². The topological polar surface area (TPSA) is 60.8 Å². The first-order valence-corrected chi connectivity index (χ1v) is 7.95. The number of benzene rings is 1. The Balaban J connectivity index is 1.93. The van der Waals surface area contributed by atoms with E-state index < -0.39 is 11.9 Å². The lowest BCUT2D eigenvalue weighted by atomic mass is 9.88. The monoisotopic (exact) mass is 289 g/mol. The van der Waals surface area contributed by atoms with Gasteiger partial charge in [0.15, 0.2) is 0 Å². The normalized spacial score (nSPS) is 29.6. The number of rotatable bonds is 2. The van der Waals surface area contributed by atoms with Crippen LogP contribution < -0.4 is 4.90 Å². The summed E-state index contributed by atoms with van der Waals surface area (Å²) in [4.78, 5) is 13.7. The lowest BCUT2D eigenvalue weighted by Crippen LogP contribution is -2.46. The molecule has 21 heavy (non-hydrogen) atoms. The van der Waals surface area contributed by atoms with Gasteiger partial charge >= 0.3 is 5.97 Å². The van der Waals surface area contributed by atoms with Gasteiger partial charge in [0.2, 0.25) is 0 Å². The number of aliphatic hydroxyl groups excluding tert-OH is 1. The van der Waals surface area contributed by atoms with Gasteiger partial charge in [0.05, 0.1) is 18.1 Å². The third-order valence-electron chi connectivity index (χ3n) is 4.92. The quantitative estimate of drug-likeness (QED) is 0.822. The standard InChI is InChI=1S/C17H23NO3/c19-16-9-3-1-2-8-15(16)18-11-10-13(17(20)21)12-6-4-5-7-14(12)18/h4-7,13,15-16,19H,1-3,8-11H2,(H,20,21). The van der Waals surface area contributed by atoms with Crippen molar-refractivity contribution >= 4 is 11.7 Å². The number of fused-ring (bicyclic) bond motifs is 1. The third kappa shape index (κ3) is 2.77. The molecule has 3 rings (SSSR count). The molecule has 4 heteroatoms.